The van der Waals surface area contributed by atoms with E-state index in [2.05, 4.69) is 72.1 Å². The van der Waals surface area contributed by atoms with Crippen molar-refractivity contribution in [3.05, 3.63) is 58.7 Å². The Balaban J connectivity index is 2.57. The Hall–Kier alpha value is -2.29. The third-order valence-corrected chi connectivity index (χ3v) is 5.12. The van der Waals surface area contributed by atoms with Crippen molar-refractivity contribution in [1.29, 1.82) is 0 Å². The van der Waals surface area contributed by atoms with Gasteiger partial charge in [-0.15, -0.1) is 0 Å². The first-order valence-corrected chi connectivity index (χ1v) is 10.5. The highest BCUT2D eigenvalue weighted by Crippen LogP contribution is 2.42. The van der Waals surface area contributed by atoms with Crippen LogP contribution in [-0.4, -0.2) is 6.03 Å². The van der Waals surface area contributed by atoms with Crippen molar-refractivity contribution >= 4 is 17.4 Å². The van der Waals surface area contributed by atoms with Gasteiger partial charge < -0.3 is 10.6 Å². The SMILES string of the molecule is CC(C)c1cc(NC(=O)Nc2ccccc2)c(C(C)C)c(C(C)C)c1C(C)C. The smallest absolute Gasteiger partial charge is 0.308 e. The van der Waals surface area contributed by atoms with E-state index < -0.39 is 0 Å². The molecule has 28 heavy (non-hydrogen) atoms. The summed E-state index contributed by atoms with van der Waals surface area (Å²) in [5.74, 6) is 1.56. The molecule has 152 valence electrons. The van der Waals surface area contributed by atoms with Crippen molar-refractivity contribution < 1.29 is 4.79 Å². The molecule has 0 fully saturated rings. The fourth-order valence-electron chi connectivity index (χ4n) is 4.03. The van der Waals surface area contributed by atoms with Gasteiger partial charge in [0.2, 0.25) is 0 Å². The summed E-state index contributed by atoms with van der Waals surface area (Å²) in [5.41, 5.74) is 7.15. The van der Waals surface area contributed by atoms with Crippen LogP contribution in [0.25, 0.3) is 0 Å². The lowest BCUT2D eigenvalue weighted by atomic mass is 9.77. The summed E-state index contributed by atoms with van der Waals surface area (Å²) in [6.45, 7) is 17.9. The molecule has 2 aromatic rings. The van der Waals surface area contributed by atoms with E-state index in [0.717, 1.165) is 11.4 Å². The second kappa shape index (κ2) is 9.27. The highest BCUT2D eigenvalue weighted by molar-refractivity contribution is 6.00. The zero-order valence-electron chi connectivity index (χ0n) is 18.7. The molecule has 0 aliphatic heterocycles. The minimum Gasteiger partial charge on any atom is -0.308 e. The van der Waals surface area contributed by atoms with Crippen LogP contribution in [0.3, 0.4) is 0 Å². The van der Waals surface area contributed by atoms with Crippen molar-refractivity contribution in [2.24, 2.45) is 0 Å². The van der Waals surface area contributed by atoms with Crippen LogP contribution >= 0.6 is 0 Å². The molecule has 2 amide bonds. The Morgan fingerprint density at radius 2 is 1.21 bits per heavy atom. The molecule has 2 aromatic carbocycles. The molecule has 0 bridgehead atoms. The second-order valence-corrected chi connectivity index (χ2v) is 8.82. The maximum absolute atomic E-state index is 12.7. The van der Waals surface area contributed by atoms with Crippen molar-refractivity contribution in [1.82, 2.24) is 0 Å². The Bertz CT molecular complexity index is 805. The van der Waals surface area contributed by atoms with E-state index in [1.807, 2.05) is 30.3 Å². The molecular weight excluding hydrogens is 344 g/mol. The topological polar surface area (TPSA) is 41.1 Å². The lowest BCUT2D eigenvalue weighted by molar-refractivity contribution is 0.262. The molecule has 0 saturated carbocycles. The van der Waals surface area contributed by atoms with E-state index in [1.54, 1.807) is 0 Å². The number of anilines is 2. The van der Waals surface area contributed by atoms with E-state index in [1.165, 1.54) is 22.3 Å². The number of benzene rings is 2. The molecule has 2 N–H and O–H groups in total. The van der Waals surface area contributed by atoms with Gasteiger partial charge in [0.1, 0.15) is 0 Å². The van der Waals surface area contributed by atoms with Crippen LogP contribution in [-0.2, 0) is 0 Å². The molecule has 0 radical (unpaired) electrons. The van der Waals surface area contributed by atoms with Crippen LogP contribution in [0.5, 0.6) is 0 Å². The summed E-state index contributed by atoms with van der Waals surface area (Å²) in [6.07, 6.45) is 0. The number of carbonyl (C=O) groups excluding carboxylic acids is 1. The third kappa shape index (κ3) is 4.95. The molecule has 0 heterocycles. The van der Waals surface area contributed by atoms with Crippen LogP contribution in [0.1, 0.15) is 101 Å². The predicted molar refractivity (Wildman–Crippen MR) is 122 cm³/mol. The second-order valence-electron chi connectivity index (χ2n) is 8.82. The standard InChI is InChI=1S/C25H36N2O/c1-15(2)20-14-21(27-25(28)26-19-12-10-9-11-13-19)23(17(5)6)24(18(7)8)22(20)16(3)4/h9-18H,1-8H3,(H2,26,27,28). The van der Waals surface area contributed by atoms with Crippen LogP contribution in [0.4, 0.5) is 16.2 Å². The fourth-order valence-corrected chi connectivity index (χ4v) is 4.03. The quantitative estimate of drug-likeness (QED) is 0.527. The van der Waals surface area contributed by atoms with E-state index in [0.29, 0.717) is 23.7 Å². The molecule has 0 atom stereocenters. The van der Waals surface area contributed by atoms with Crippen LogP contribution < -0.4 is 10.6 Å². The van der Waals surface area contributed by atoms with Crippen molar-refractivity contribution in [2.45, 2.75) is 79.1 Å². The van der Waals surface area contributed by atoms with Crippen LogP contribution in [0.15, 0.2) is 36.4 Å². The lowest BCUT2D eigenvalue weighted by Crippen LogP contribution is -2.22. The molecule has 2 rings (SSSR count). The molecular formula is C25H36N2O. The monoisotopic (exact) mass is 380 g/mol. The van der Waals surface area contributed by atoms with Crippen molar-refractivity contribution in [2.75, 3.05) is 10.6 Å². The molecule has 0 unspecified atom stereocenters. The Morgan fingerprint density at radius 3 is 1.68 bits per heavy atom. The van der Waals surface area contributed by atoms with Gasteiger partial charge in [0.25, 0.3) is 0 Å². The number of carbonyl (C=O) groups is 1. The summed E-state index contributed by atoms with van der Waals surface area (Å²) in [5, 5.41) is 6.09. The van der Waals surface area contributed by atoms with Gasteiger partial charge in [0, 0.05) is 11.4 Å². The molecule has 0 aromatic heterocycles. The lowest BCUT2D eigenvalue weighted by Gasteiger charge is -2.29. The largest absolute Gasteiger partial charge is 0.323 e. The fraction of sp³-hybridized carbons (Fsp3) is 0.480. The van der Waals surface area contributed by atoms with Crippen molar-refractivity contribution in [3.63, 3.8) is 0 Å². The number of nitrogens with one attached hydrogen (secondary N) is 2. The van der Waals surface area contributed by atoms with E-state index in [4.69, 9.17) is 0 Å². The zero-order chi connectivity index (χ0) is 21.0. The van der Waals surface area contributed by atoms with Crippen molar-refractivity contribution in [3.8, 4) is 0 Å². The minimum absolute atomic E-state index is 0.199. The Morgan fingerprint density at radius 1 is 0.679 bits per heavy atom. The highest BCUT2D eigenvalue weighted by atomic mass is 16.2. The van der Waals surface area contributed by atoms with Gasteiger partial charge in [0.05, 0.1) is 0 Å². The van der Waals surface area contributed by atoms with Crippen LogP contribution in [0, 0.1) is 0 Å². The Labute approximate surface area is 170 Å². The van der Waals surface area contributed by atoms with E-state index in [-0.39, 0.29) is 6.03 Å². The number of hydrogen-bond donors (Lipinski definition) is 2. The number of urea groups is 1. The van der Waals surface area contributed by atoms with Gasteiger partial charge in [-0.25, -0.2) is 4.79 Å². The molecule has 0 aliphatic rings. The maximum atomic E-state index is 12.7. The summed E-state index contributed by atoms with van der Waals surface area (Å²) >= 11 is 0. The average Bonchev–Trinajstić information content (AvgIpc) is 2.60. The maximum Gasteiger partial charge on any atom is 0.323 e. The van der Waals surface area contributed by atoms with Gasteiger partial charge in [-0.3, -0.25) is 0 Å². The predicted octanol–water partition coefficient (Wildman–Crippen LogP) is 7.82. The highest BCUT2D eigenvalue weighted by Gasteiger charge is 2.25. The summed E-state index contributed by atoms with van der Waals surface area (Å²) in [4.78, 5) is 12.7. The van der Waals surface area contributed by atoms with Gasteiger partial charge in [-0.1, -0.05) is 73.6 Å². The summed E-state index contributed by atoms with van der Waals surface area (Å²) in [7, 11) is 0. The van der Waals surface area contributed by atoms with Gasteiger partial charge in [0.15, 0.2) is 0 Å². The van der Waals surface area contributed by atoms with E-state index in [9.17, 15) is 4.79 Å². The summed E-state index contributed by atoms with van der Waals surface area (Å²) < 4.78 is 0. The first-order valence-electron chi connectivity index (χ1n) is 10.5. The summed E-state index contributed by atoms with van der Waals surface area (Å²) in [6, 6.07) is 11.6. The number of rotatable bonds is 6. The van der Waals surface area contributed by atoms with Gasteiger partial charge in [-0.2, -0.15) is 0 Å². The molecule has 3 heteroatoms. The first kappa shape index (κ1) is 22.0. The van der Waals surface area contributed by atoms with E-state index >= 15 is 0 Å². The minimum atomic E-state index is -0.199. The zero-order valence-corrected chi connectivity index (χ0v) is 18.7. The Kier molecular flexibility index (Phi) is 7.29. The number of amides is 2. The molecule has 0 aliphatic carbocycles. The molecule has 3 nitrogen and oxygen atoms in total. The third-order valence-electron chi connectivity index (χ3n) is 5.12. The van der Waals surface area contributed by atoms with Gasteiger partial charge >= 0.3 is 6.03 Å². The first-order chi connectivity index (χ1) is 13.1. The number of para-hydroxylation sites is 1. The average molecular weight is 381 g/mol. The molecule has 0 spiro atoms. The number of hydrogen-bond acceptors (Lipinski definition) is 1. The van der Waals surface area contributed by atoms with Crippen LogP contribution in [0.2, 0.25) is 0 Å². The van der Waals surface area contributed by atoms with Gasteiger partial charge in [-0.05, 0) is 64.1 Å². The molecule has 0 saturated heterocycles. The normalized spacial score (nSPS) is 11.6.